The van der Waals surface area contributed by atoms with Crippen molar-refractivity contribution in [1.82, 2.24) is 0 Å². The fraction of sp³-hybridized carbons (Fsp3) is 0.333. The molecular formula is C21H24FN3O4S. The molecule has 0 fully saturated rings. The van der Waals surface area contributed by atoms with Crippen LogP contribution in [0.5, 0.6) is 5.75 Å². The predicted octanol–water partition coefficient (Wildman–Crippen LogP) is 3.04. The number of hydrogen-bond donors (Lipinski definition) is 0. The first-order valence-corrected chi connectivity index (χ1v) is 11.5. The minimum Gasteiger partial charge on any atom is -0.490 e. The number of hydrogen-bond acceptors (Lipinski definition) is 7. The first-order valence-electron chi connectivity index (χ1n) is 9.48. The molecule has 0 saturated carbocycles. The summed E-state index contributed by atoms with van der Waals surface area (Å²) >= 11 is 0. The van der Waals surface area contributed by atoms with Gasteiger partial charge in [-0.3, -0.25) is 0 Å². The monoisotopic (exact) mass is 433 g/mol. The molecule has 0 aliphatic carbocycles. The van der Waals surface area contributed by atoms with E-state index in [2.05, 4.69) is 9.98 Å². The molecular weight excluding hydrogens is 409 g/mol. The number of aliphatic imine (C=N–C) groups is 2. The summed E-state index contributed by atoms with van der Waals surface area (Å²) in [6.07, 6.45) is 2.82. The lowest BCUT2D eigenvalue weighted by Gasteiger charge is -2.22. The molecule has 0 amide bonds. The molecule has 0 atom stereocenters. The normalized spacial score (nSPS) is 14.0. The van der Waals surface area contributed by atoms with E-state index in [1.807, 2.05) is 13.0 Å². The first-order chi connectivity index (χ1) is 14.4. The topological polar surface area (TPSA) is 80.6 Å². The molecule has 0 spiro atoms. The predicted molar refractivity (Wildman–Crippen MR) is 116 cm³/mol. The fourth-order valence-electron chi connectivity index (χ4n) is 2.93. The highest BCUT2D eigenvalue weighted by Crippen LogP contribution is 2.24. The lowest BCUT2D eigenvalue weighted by atomic mass is 10.1. The summed E-state index contributed by atoms with van der Waals surface area (Å²) in [4.78, 5) is 10.7. The van der Waals surface area contributed by atoms with Gasteiger partial charge in [-0.2, -0.15) is 0 Å². The minimum absolute atomic E-state index is 0.0294. The summed E-state index contributed by atoms with van der Waals surface area (Å²) in [5.41, 5.74) is 2.08. The SMILES string of the molecule is CCOCCOc1cc(F)ccc1C1=NCN(c2cccc(CS(C)(=O)=O)c2)C=N1. The van der Waals surface area contributed by atoms with Crippen molar-refractivity contribution < 1.29 is 22.3 Å². The number of sulfone groups is 1. The van der Waals surface area contributed by atoms with Crippen molar-refractivity contribution in [3.8, 4) is 5.75 Å². The number of nitrogens with zero attached hydrogens (tertiary/aromatic N) is 3. The van der Waals surface area contributed by atoms with Gasteiger partial charge in [-0.25, -0.2) is 22.8 Å². The van der Waals surface area contributed by atoms with Crippen LogP contribution >= 0.6 is 0 Å². The molecule has 160 valence electrons. The highest BCUT2D eigenvalue weighted by Gasteiger charge is 2.16. The van der Waals surface area contributed by atoms with Gasteiger partial charge >= 0.3 is 0 Å². The Balaban J connectivity index is 1.74. The van der Waals surface area contributed by atoms with Crippen molar-refractivity contribution in [3.05, 3.63) is 59.4 Å². The molecule has 0 unspecified atom stereocenters. The Kier molecular flexibility index (Phi) is 7.17. The van der Waals surface area contributed by atoms with Crippen molar-refractivity contribution in [2.75, 3.05) is 37.6 Å². The van der Waals surface area contributed by atoms with Gasteiger partial charge in [-0.05, 0) is 36.8 Å². The van der Waals surface area contributed by atoms with Crippen molar-refractivity contribution in [2.45, 2.75) is 12.7 Å². The third-order valence-electron chi connectivity index (χ3n) is 4.24. The van der Waals surface area contributed by atoms with Gasteiger partial charge in [-0.15, -0.1) is 0 Å². The molecule has 1 heterocycles. The lowest BCUT2D eigenvalue weighted by molar-refractivity contribution is 0.110. The zero-order chi connectivity index (χ0) is 21.6. The van der Waals surface area contributed by atoms with E-state index in [1.165, 1.54) is 18.4 Å². The number of rotatable bonds is 9. The third-order valence-corrected chi connectivity index (χ3v) is 5.09. The van der Waals surface area contributed by atoms with Crippen LogP contribution in [-0.4, -0.2) is 53.3 Å². The van der Waals surface area contributed by atoms with Crippen LogP contribution < -0.4 is 9.64 Å². The number of anilines is 1. The number of ether oxygens (including phenoxy) is 2. The Bertz CT molecular complexity index is 1050. The Hall–Kier alpha value is -2.78. The molecule has 0 aromatic heterocycles. The van der Waals surface area contributed by atoms with Crippen LogP contribution in [-0.2, 0) is 20.3 Å². The van der Waals surface area contributed by atoms with Gasteiger partial charge in [0.05, 0.1) is 24.3 Å². The summed E-state index contributed by atoms with van der Waals surface area (Å²) in [7, 11) is -3.12. The van der Waals surface area contributed by atoms with E-state index < -0.39 is 15.7 Å². The highest BCUT2D eigenvalue weighted by atomic mass is 32.2. The molecule has 0 bridgehead atoms. The second-order valence-corrected chi connectivity index (χ2v) is 8.90. The van der Waals surface area contributed by atoms with E-state index >= 15 is 0 Å². The molecule has 1 aliphatic rings. The van der Waals surface area contributed by atoms with E-state index in [0.29, 0.717) is 42.5 Å². The third kappa shape index (κ3) is 6.11. The second-order valence-electron chi connectivity index (χ2n) is 6.76. The minimum atomic E-state index is -3.12. The molecule has 1 aliphatic heterocycles. The standard InChI is InChI=1S/C21H24FN3O4S/c1-3-28-9-10-29-20-12-17(22)7-8-19(20)21-23-14-25(15-24-21)18-6-4-5-16(11-18)13-30(2,26)27/h4-8,11-12,14H,3,9-10,13,15H2,1-2H3. The van der Waals surface area contributed by atoms with E-state index in [-0.39, 0.29) is 12.4 Å². The van der Waals surface area contributed by atoms with Crippen molar-refractivity contribution in [3.63, 3.8) is 0 Å². The van der Waals surface area contributed by atoms with Crippen LogP contribution in [0.2, 0.25) is 0 Å². The molecule has 30 heavy (non-hydrogen) atoms. The first kappa shape index (κ1) is 21.9. The maximum atomic E-state index is 13.7. The molecule has 0 N–H and O–H groups in total. The van der Waals surface area contributed by atoms with Gasteiger partial charge in [0.15, 0.2) is 15.7 Å². The molecule has 3 rings (SSSR count). The van der Waals surface area contributed by atoms with Crippen LogP contribution in [0.15, 0.2) is 52.4 Å². The Morgan fingerprint density at radius 3 is 2.70 bits per heavy atom. The second kappa shape index (κ2) is 9.82. The van der Waals surface area contributed by atoms with Gasteiger partial charge in [0.1, 0.15) is 24.8 Å². The average molecular weight is 434 g/mol. The largest absolute Gasteiger partial charge is 0.490 e. The van der Waals surface area contributed by atoms with E-state index in [0.717, 1.165) is 5.69 Å². The Morgan fingerprint density at radius 2 is 2.00 bits per heavy atom. The maximum absolute atomic E-state index is 13.7. The number of halogens is 1. The van der Waals surface area contributed by atoms with Crippen LogP contribution in [0.4, 0.5) is 10.1 Å². The van der Waals surface area contributed by atoms with E-state index in [4.69, 9.17) is 9.47 Å². The van der Waals surface area contributed by atoms with E-state index in [9.17, 15) is 12.8 Å². The van der Waals surface area contributed by atoms with Crippen LogP contribution in [0, 0.1) is 5.82 Å². The van der Waals surface area contributed by atoms with Crippen molar-refractivity contribution in [2.24, 2.45) is 9.98 Å². The summed E-state index contributed by atoms with van der Waals surface area (Å²) in [6.45, 7) is 3.45. The fourth-order valence-corrected chi connectivity index (χ4v) is 3.72. The number of amidine groups is 1. The summed E-state index contributed by atoms with van der Waals surface area (Å²) in [6, 6.07) is 11.5. The summed E-state index contributed by atoms with van der Waals surface area (Å²) in [5, 5.41) is 0. The van der Waals surface area contributed by atoms with Crippen LogP contribution in [0.25, 0.3) is 0 Å². The molecule has 0 saturated heterocycles. The molecule has 0 radical (unpaired) electrons. The smallest absolute Gasteiger partial charge is 0.161 e. The molecule has 2 aromatic carbocycles. The number of benzene rings is 2. The average Bonchev–Trinajstić information content (AvgIpc) is 2.70. The van der Waals surface area contributed by atoms with Gasteiger partial charge in [0.2, 0.25) is 0 Å². The summed E-state index contributed by atoms with van der Waals surface area (Å²) < 4.78 is 47.7. The highest BCUT2D eigenvalue weighted by molar-refractivity contribution is 7.89. The van der Waals surface area contributed by atoms with Gasteiger partial charge < -0.3 is 14.4 Å². The quantitative estimate of drug-likeness (QED) is 0.568. The molecule has 9 heteroatoms. The van der Waals surface area contributed by atoms with Crippen molar-refractivity contribution >= 4 is 27.7 Å². The van der Waals surface area contributed by atoms with Crippen molar-refractivity contribution in [1.29, 1.82) is 0 Å². The van der Waals surface area contributed by atoms with Crippen LogP contribution in [0.3, 0.4) is 0 Å². The zero-order valence-corrected chi connectivity index (χ0v) is 17.7. The van der Waals surface area contributed by atoms with Gasteiger partial charge in [0, 0.05) is 24.6 Å². The molecule has 7 nitrogen and oxygen atoms in total. The van der Waals surface area contributed by atoms with Gasteiger partial charge in [-0.1, -0.05) is 12.1 Å². The Morgan fingerprint density at radius 1 is 1.17 bits per heavy atom. The lowest BCUT2D eigenvalue weighted by Crippen LogP contribution is -2.27. The summed E-state index contributed by atoms with van der Waals surface area (Å²) in [5.74, 6) is 0.354. The zero-order valence-electron chi connectivity index (χ0n) is 16.9. The Labute approximate surface area is 175 Å². The maximum Gasteiger partial charge on any atom is 0.161 e. The van der Waals surface area contributed by atoms with E-state index in [1.54, 1.807) is 35.5 Å². The van der Waals surface area contributed by atoms with Crippen LogP contribution in [0.1, 0.15) is 18.1 Å². The molecule has 2 aromatic rings. The van der Waals surface area contributed by atoms with Gasteiger partial charge in [0.25, 0.3) is 0 Å².